The average Bonchev–Trinajstić information content (AvgIpc) is 3.21. The number of benzene rings is 1. The van der Waals surface area contributed by atoms with E-state index in [9.17, 15) is 18.0 Å². The number of halogens is 3. The molecule has 8 nitrogen and oxygen atoms in total. The number of nitrogens with one attached hydrogen (secondary N) is 1. The van der Waals surface area contributed by atoms with Crippen molar-refractivity contribution in [3.63, 3.8) is 0 Å². The quantitative estimate of drug-likeness (QED) is 0.788. The second-order valence-electron chi connectivity index (χ2n) is 7.36. The molecule has 11 heteroatoms. The molecule has 1 saturated heterocycles. The molecule has 3 heterocycles. The predicted octanol–water partition coefficient (Wildman–Crippen LogP) is 3.03. The maximum Gasteiger partial charge on any atom is 0.410 e. The Labute approximate surface area is 176 Å². The first-order valence-electron chi connectivity index (χ1n) is 9.83. The van der Waals surface area contributed by atoms with Crippen molar-refractivity contribution in [3.05, 3.63) is 35.5 Å². The largest absolute Gasteiger partial charge is 0.493 e. The number of nitrogens with zero attached hydrogens (tertiary/aromatic N) is 3. The van der Waals surface area contributed by atoms with Crippen LogP contribution < -0.4 is 14.8 Å². The molecule has 0 radical (unpaired) electrons. The molecule has 2 atom stereocenters. The molecule has 2 aliphatic heterocycles. The highest BCUT2D eigenvalue weighted by molar-refractivity contribution is 5.99. The van der Waals surface area contributed by atoms with Gasteiger partial charge in [-0.15, -0.1) is 0 Å². The molecule has 0 spiro atoms. The van der Waals surface area contributed by atoms with Gasteiger partial charge in [0.05, 0.1) is 39.7 Å². The summed E-state index contributed by atoms with van der Waals surface area (Å²) in [7, 11) is 2.95. The Balaban J connectivity index is 1.71. The van der Waals surface area contributed by atoms with Crippen LogP contribution >= 0.6 is 0 Å². The maximum absolute atomic E-state index is 13.9. The van der Waals surface area contributed by atoms with E-state index in [4.69, 9.17) is 14.2 Å². The summed E-state index contributed by atoms with van der Waals surface area (Å²) in [6.45, 7) is 1.54. The number of hydrogen-bond donors (Lipinski definition) is 1. The fourth-order valence-corrected chi connectivity index (χ4v) is 3.94. The van der Waals surface area contributed by atoms with Gasteiger partial charge in [0.25, 0.3) is 5.91 Å². The van der Waals surface area contributed by atoms with Crippen molar-refractivity contribution in [2.24, 2.45) is 0 Å². The van der Waals surface area contributed by atoms with Crippen LogP contribution in [-0.4, -0.2) is 67.3 Å². The van der Waals surface area contributed by atoms with E-state index >= 15 is 0 Å². The SMILES string of the molecule is COc1ccc([C@@H]2C[C@H](C(F)(F)F)n3ncc(C(=O)N4CCOCC4)c3N2)cc1OC. The number of ether oxygens (including phenoxy) is 3. The fourth-order valence-electron chi connectivity index (χ4n) is 3.94. The zero-order valence-corrected chi connectivity index (χ0v) is 17.1. The lowest BCUT2D eigenvalue weighted by atomic mass is 9.96. The van der Waals surface area contributed by atoms with Crippen molar-refractivity contribution in [1.29, 1.82) is 0 Å². The Morgan fingerprint density at radius 2 is 1.90 bits per heavy atom. The topological polar surface area (TPSA) is 77.9 Å². The lowest BCUT2D eigenvalue weighted by molar-refractivity contribution is -0.173. The Bertz CT molecular complexity index is 956. The number of rotatable bonds is 4. The first-order chi connectivity index (χ1) is 14.8. The van der Waals surface area contributed by atoms with Gasteiger partial charge in [0.2, 0.25) is 0 Å². The fraction of sp³-hybridized carbons (Fsp3) is 0.500. The number of carbonyl (C=O) groups is 1. The summed E-state index contributed by atoms with van der Waals surface area (Å²) < 4.78 is 58.3. The van der Waals surface area contributed by atoms with E-state index in [0.29, 0.717) is 43.4 Å². The van der Waals surface area contributed by atoms with Crippen LogP contribution in [0.15, 0.2) is 24.4 Å². The Hall–Kier alpha value is -2.95. The highest BCUT2D eigenvalue weighted by Crippen LogP contribution is 2.45. The van der Waals surface area contributed by atoms with E-state index in [2.05, 4.69) is 10.4 Å². The predicted molar refractivity (Wildman–Crippen MR) is 105 cm³/mol. The zero-order valence-electron chi connectivity index (χ0n) is 17.1. The molecule has 1 fully saturated rings. The molecule has 1 amide bonds. The summed E-state index contributed by atoms with van der Waals surface area (Å²) in [6, 6.07) is 2.39. The first-order valence-corrected chi connectivity index (χ1v) is 9.83. The standard InChI is InChI=1S/C20H23F3N4O4/c1-29-15-4-3-12(9-16(15)30-2)14-10-17(20(21,22)23)27-18(25-14)13(11-24-27)19(28)26-5-7-31-8-6-26/h3-4,9,11,14,17,25H,5-8,10H2,1-2H3/t14-,17+/m0/s1. The Morgan fingerprint density at radius 1 is 1.19 bits per heavy atom. The third-order valence-electron chi connectivity index (χ3n) is 5.58. The number of amides is 1. The molecule has 2 aliphatic rings. The van der Waals surface area contributed by atoms with Gasteiger partial charge in [-0.25, -0.2) is 4.68 Å². The normalized spacial score (nSPS) is 21.3. The molecule has 4 rings (SSSR count). The summed E-state index contributed by atoms with van der Waals surface area (Å²) in [5.74, 6) is 0.576. The number of anilines is 1. The molecular formula is C20H23F3N4O4. The van der Waals surface area contributed by atoms with Crippen molar-refractivity contribution in [1.82, 2.24) is 14.7 Å². The minimum atomic E-state index is -4.53. The molecule has 2 aromatic rings. The van der Waals surface area contributed by atoms with Crippen LogP contribution in [0, 0.1) is 0 Å². The number of alkyl halides is 3. The van der Waals surface area contributed by atoms with Crippen LogP contribution in [0.3, 0.4) is 0 Å². The first kappa shape index (κ1) is 21.3. The number of carbonyl (C=O) groups excluding carboxylic acids is 1. The third kappa shape index (κ3) is 4.01. The lowest BCUT2D eigenvalue weighted by Gasteiger charge is -2.34. The van der Waals surface area contributed by atoms with E-state index in [1.807, 2.05) is 0 Å². The van der Waals surface area contributed by atoms with Crippen molar-refractivity contribution in [2.75, 3.05) is 45.8 Å². The number of aromatic nitrogens is 2. The Kier molecular flexibility index (Phi) is 5.69. The molecule has 1 aromatic heterocycles. The van der Waals surface area contributed by atoms with Gasteiger partial charge in [0.15, 0.2) is 17.5 Å². The van der Waals surface area contributed by atoms with Gasteiger partial charge in [-0.1, -0.05) is 6.07 Å². The van der Waals surface area contributed by atoms with Crippen molar-refractivity contribution >= 4 is 11.7 Å². The molecule has 1 N–H and O–H groups in total. The van der Waals surface area contributed by atoms with E-state index in [1.54, 1.807) is 23.1 Å². The minimum Gasteiger partial charge on any atom is -0.493 e. The molecule has 0 unspecified atom stereocenters. The lowest BCUT2D eigenvalue weighted by Crippen LogP contribution is -2.41. The van der Waals surface area contributed by atoms with Crippen LogP contribution in [0.2, 0.25) is 0 Å². The van der Waals surface area contributed by atoms with Gasteiger partial charge in [-0.2, -0.15) is 18.3 Å². The Morgan fingerprint density at radius 3 is 2.55 bits per heavy atom. The van der Waals surface area contributed by atoms with Gasteiger partial charge in [0, 0.05) is 19.5 Å². The second-order valence-corrected chi connectivity index (χ2v) is 7.36. The average molecular weight is 440 g/mol. The summed E-state index contributed by atoms with van der Waals surface area (Å²) in [6.07, 6.45) is -3.61. The molecule has 31 heavy (non-hydrogen) atoms. The van der Waals surface area contributed by atoms with E-state index < -0.39 is 18.3 Å². The summed E-state index contributed by atoms with van der Waals surface area (Å²) >= 11 is 0. The van der Waals surface area contributed by atoms with Crippen LogP contribution in [0.25, 0.3) is 0 Å². The summed E-state index contributed by atoms with van der Waals surface area (Å²) in [5.41, 5.74) is 0.699. The van der Waals surface area contributed by atoms with Crippen molar-refractivity contribution < 1.29 is 32.2 Å². The smallest absolute Gasteiger partial charge is 0.410 e. The highest BCUT2D eigenvalue weighted by atomic mass is 19.4. The van der Waals surface area contributed by atoms with Crippen LogP contribution in [0.5, 0.6) is 11.5 Å². The molecule has 1 aromatic carbocycles. The van der Waals surface area contributed by atoms with Gasteiger partial charge >= 0.3 is 6.18 Å². The van der Waals surface area contributed by atoms with Gasteiger partial charge < -0.3 is 24.4 Å². The second kappa shape index (κ2) is 8.29. The third-order valence-corrected chi connectivity index (χ3v) is 5.58. The summed E-state index contributed by atoms with van der Waals surface area (Å²) in [4.78, 5) is 14.5. The van der Waals surface area contributed by atoms with Gasteiger partial charge in [-0.05, 0) is 17.7 Å². The number of morpholine rings is 1. The van der Waals surface area contributed by atoms with E-state index in [-0.39, 0.29) is 23.7 Å². The number of methoxy groups -OCH3 is 2. The van der Waals surface area contributed by atoms with Crippen molar-refractivity contribution in [2.45, 2.75) is 24.7 Å². The minimum absolute atomic E-state index is 0.0600. The highest BCUT2D eigenvalue weighted by Gasteiger charge is 2.47. The van der Waals surface area contributed by atoms with Gasteiger partial charge in [-0.3, -0.25) is 4.79 Å². The molecule has 0 saturated carbocycles. The van der Waals surface area contributed by atoms with Crippen molar-refractivity contribution in [3.8, 4) is 11.5 Å². The molecule has 168 valence electrons. The molecular weight excluding hydrogens is 417 g/mol. The van der Waals surface area contributed by atoms with E-state index in [1.165, 1.54) is 20.4 Å². The maximum atomic E-state index is 13.9. The number of hydrogen-bond acceptors (Lipinski definition) is 6. The monoisotopic (exact) mass is 440 g/mol. The van der Waals surface area contributed by atoms with Gasteiger partial charge in [0.1, 0.15) is 11.4 Å². The van der Waals surface area contributed by atoms with E-state index in [0.717, 1.165) is 4.68 Å². The summed E-state index contributed by atoms with van der Waals surface area (Å²) in [5, 5.41) is 7.02. The van der Waals surface area contributed by atoms with Crippen LogP contribution in [0.4, 0.5) is 19.0 Å². The molecule has 0 bridgehead atoms. The van der Waals surface area contributed by atoms with Crippen LogP contribution in [0.1, 0.15) is 34.4 Å². The van der Waals surface area contributed by atoms with Crippen LogP contribution in [-0.2, 0) is 4.74 Å². The zero-order chi connectivity index (χ0) is 22.2. The molecule has 0 aliphatic carbocycles. The number of fused-ring (bicyclic) bond motifs is 1.